The van der Waals surface area contributed by atoms with Crippen molar-refractivity contribution < 1.29 is 0 Å². The zero-order valence-electron chi connectivity index (χ0n) is 10.9. The van der Waals surface area contributed by atoms with Crippen LogP contribution in [0, 0.1) is 13.8 Å². The lowest BCUT2D eigenvalue weighted by Gasteiger charge is -2.02. The van der Waals surface area contributed by atoms with Crippen LogP contribution in [0.25, 0.3) is 11.3 Å². The second-order valence-corrected chi connectivity index (χ2v) is 4.24. The van der Waals surface area contributed by atoms with E-state index >= 15 is 0 Å². The SMILES string of the molecule is CCn1nc(C)c(-c2nn(C)cc2CN)c1C. The predicted molar refractivity (Wildman–Crippen MR) is 67.5 cm³/mol. The highest BCUT2D eigenvalue weighted by atomic mass is 15.3. The zero-order valence-corrected chi connectivity index (χ0v) is 10.9. The summed E-state index contributed by atoms with van der Waals surface area (Å²) in [6.45, 7) is 7.56. The Labute approximate surface area is 101 Å². The summed E-state index contributed by atoms with van der Waals surface area (Å²) >= 11 is 0. The molecule has 0 bridgehead atoms. The normalized spacial score (nSPS) is 11.1. The molecule has 0 radical (unpaired) electrons. The van der Waals surface area contributed by atoms with Gasteiger partial charge >= 0.3 is 0 Å². The maximum atomic E-state index is 5.76. The average Bonchev–Trinajstić information content (AvgIpc) is 2.79. The Morgan fingerprint density at radius 3 is 2.53 bits per heavy atom. The molecule has 2 aromatic heterocycles. The van der Waals surface area contributed by atoms with Gasteiger partial charge in [-0.3, -0.25) is 9.36 Å². The Balaban J connectivity index is 2.63. The number of nitrogens with zero attached hydrogens (tertiary/aromatic N) is 4. The Morgan fingerprint density at radius 1 is 1.29 bits per heavy atom. The van der Waals surface area contributed by atoms with Gasteiger partial charge in [-0.1, -0.05) is 0 Å². The molecule has 0 spiro atoms. The van der Waals surface area contributed by atoms with Crippen LogP contribution in [0.5, 0.6) is 0 Å². The second-order valence-electron chi connectivity index (χ2n) is 4.24. The fourth-order valence-electron chi connectivity index (χ4n) is 2.24. The minimum absolute atomic E-state index is 0.499. The van der Waals surface area contributed by atoms with Gasteiger partial charge in [0.05, 0.1) is 5.69 Å². The Kier molecular flexibility index (Phi) is 3.02. The van der Waals surface area contributed by atoms with Crippen molar-refractivity contribution in [3.05, 3.63) is 23.1 Å². The molecule has 92 valence electrons. The molecule has 0 atom stereocenters. The first-order valence-corrected chi connectivity index (χ1v) is 5.85. The maximum absolute atomic E-state index is 5.76. The molecule has 0 saturated carbocycles. The number of aryl methyl sites for hydroxylation is 3. The number of aromatic nitrogens is 4. The molecule has 0 aromatic carbocycles. The van der Waals surface area contributed by atoms with E-state index in [2.05, 4.69) is 24.0 Å². The van der Waals surface area contributed by atoms with E-state index in [1.807, 2.05) is 24.9 Å². The molecule has 2 rings (SSSR count). The largest absolute Gasteiger partial charge is 0.326 e. The third-order valence-electron chi connectivity index (χ3n) is 3.04. The molecule has 5 heteroatoms. The van der Waals surface area contributed by atoms with Crippen LogP contribution >= 0.6 is 0 Å². The van der Waals surface area contributed by atoms with Crippen molar-refractivity contribution in [3.8, 4) is 11.3 Å². The molecule has 0 saturated heterocycles. The molecule has 0 aliphatic heterocycles. The van der Waals surface area contributed by atoms with E-state index in [0.29, 0.717) is 6.54 Å². The highest BCUT2D eigenvalue weighted by Crippen LogP contribution is 2.28. The fourth-order valence-corrected chi connectivity index (χ4v) is 2.24. The van der Waals surface area contributed by atoms with Crippen molar-refractivity contribution in [2.75, 3.05) is 0 Å². The van der Waals surface area contributed by atoms with Gasteiger partial charge in [-0.15, -0.1) is 0 Å². The number of hydrogen-bond acceptors (Lipinski definition) is 3. The average molecular weight is 233 g/mol. The predicted octanol–water partition coefficient (Wildman–Crippen LogP) is 1.38. The minimum Gasteiger partial charge on any atom is -0.326 e. The van der Waals surface area contributed by atoms with E-state index in [1.54, 1.807) is 4.68 Å². The molecule has 0 fully saturated rings. The van der Waals surface area contributed by atoms with E-state index < -0.39 is 0 Å². The van der Waals surface area contributed by atoms with Crippen LogP contribution in [0.1, 0.15) is 23.9 Å². The number of nitrogens with two attached hydrogens (primary N) is 1. The molecule has 2 heterocycles. The standard InChI is InChI=1S/C12H19N5/c1-5-17-9(3)11(8(2)14-17)12-10(6-13)7-16(4)15-12/h7H,5-6,13H2,1-4H3. The number of hydrogen-bond donors (Lipinski definition) is 1. The molecule has 0 aliphatic rings. The van der Waals surface area contributed by atoms with E-state index in [-0.39, 0.29) is 0 Å². The lowest BCUT2D eigenvalue weighted by atomic mass is 10.1. The van der Waals surface area contributed by atoms with Crippen LogP contribution in [-0.2, 0) is 20.1 Å². The van der Waals surface area contributed by atoms with Gasteiger partial charge < -0.3 is 5.73 Å². The summed E-state index contributed by atoms with van der Waals surface area (Å²) in [4.78, 5) is 0. The summed E-state index contributed by atoms with van der Waals surface area (Å²) in [6.07, 6.45) is 1.97. The quantitative estimate of drug-likeness (QED) is 0.871. The summed E-state index contributed by atoms with van der Waals surface area (Å²) in [6, 6.07) is 0. The van der Waals surface area contributed by atoms with Crippen LogP contribution in [0.2, 0.25) is 0 Å². The second kappa shape index (κ2) is 4.33. The minimum atomic E-state index is 0.499. The Morgan fingerprint density at radius 2 is 2.00 bits per heavy atom. The van der Waals surface area contributed by atoms with Crippen LogP contribution in [0.3, 0.4) is 0 Å². The first-order chi connectivity index (χ1) is 8.08. The molecular weight excluding hydrogens is 214 g/mol. The highest BCUT2D eigenvalue weighted by Gasteiger charge is 2.18. The van der Waals surface area contributed by atoms with Crippen molar-refractivity contribution in [3.63, 3.8) is 0 Å². The summed E-state index contributed by atoms with van der Waals surface area (Å²) in [5.41, 5.74) is 11.1. The van der Waals surface area contributed by atoms with Gasteiger partial charge in [0.2, 0.25) is 0 Å². The van der Waals surface area contributed by atoms with E-state index in [0.717, 1.165) is 34.8 Å². The molecule has 0 unspecified atom stereocenters. The van der Waals surface area contributed by atoms with Gasteiger partial charge in [-0.05, 0) is 20.8 Å². The topological polar surface area (TPSA) is 61.7 Å². The monoisotopic (exact) mass is 233 g/mol. The zero-order chi connectivity index (χ0) is 12.6. The van der Waals surface area contributed by atoms with Crippen LogP contribution < -0.4 is 5.73 Å². The van der Waals surface area contributed by atoms with Gasteiger partial charge in [-0.25, -0.2) is 0 Å². The maximum Gasteiger partial charge on any atom is 0.100 e. The van der Waals surface area contributed by atoms with Crippen LogP contribution in [0.15, 0.2) is 6.20 Å². The number of rotatable bonds is 3. The van der Waals surface area contributed by atoms with Gasteiger partial charge in [0.15, 0.2) is 0 Å². The Bertz CT molecular complexity index is 535. The van der Waals surface area contributed by atoms with Crippen LogP contribution in [0.4, 0.5) is 0 Å². The van der Waals surface area contributed by atoms with Crippen molar-refractivity contribution >= 4 is 0 Å². The van der Waals surface area contributed by atoms with Crippen molar-refractivity contribution in [1.82, 2.24) is 19.6 Å². The van der Waals surface area contributed by atoms with Crippen molar-refractivity contribution in [2.45, 2.75) is 33.9 Å². The lowest BCUT2D eigenvalue weighted by Crippen LogP contribution is -2.00. The molecule has 5 nitrogen and oxygen atoms in total. The van der Waals surface area contributed by atoms with Gasteiger partial charge in [0, 0.05) is 43.2 Å². The van der Waals surface area contributed by atoms with Crippen LogP contribution in [-0.4, -0.2) is 19.6 Å². The Hall–Kier alpha value is -1.62. The summed E-state index contributed by atoms with van der Waals surface area (Å²) in [5, 5.41) is 9.02. The van der Waals surface area contributed by atoms with Gasteiger partial charge in [0.25, 0.3) is 0 Å². The van der Waals surface area contributed by atoms with Gasteiger partial charge in [0.1, 0.15) is 5.69 Å². The van der Waals surface area contributed by atoms with Crippen molar-refractivity contribution in [1.29, 1.82) is 0 Å². The molecule has 2 N–H and O–H groups in total. The summed E-state index contributed by atoms with van der Waals surface area (Å²) in [7, 11) is 1.91. The first kappa shape index (κ1) is 11.9. The molecule has 0 amide bonds. The van der Waals surface area contributed by atoms with E-state index in [1.165, 1.54) is 0 Å². The third-order valence-corrected chi connectivity index (χ3v) is 3.04. The molecule has 0 aliphatic carbocycles. The summed E-state index contributed by atoms with van der Waals surface area (Å²) < 4.78 is 3.80. The lowest BCUT2D eigenvalue weighted by molar-refractivity contribution is 0.634. The molecule has 17 heavy (non-hydrogen) atoms. The first-order valence-electron chi connectivity index (χ1n) is 5.85. The molecule has 2 aromatic rings. The summed E-state index contributed by atoms with van der Waals surface area (Å²) in [5.74, 6) is 0. The smallest absolute Gasteiger partial charge is 0.100 e. The fraction of sp³-hybridized carbons (Fsp3) is 0.500. The van der Waals surface area contributed by atoms with Gasteiger partial charge in [-0.2, -0.15) is 10.2 Å². The third kappa shape index (κ3) is 1.86. The highest BCUT2D eigenvalue weighted by molar-refractivity contribution is 5.67. The van der Waals surface area contributed by atoms with Crippen molar-refractivity contribution in [2.24, 2.45) is 12.8 Å². The molecular formula is C12H19N5. The van der Waals surface area contributed by atoms with E-state index in [4.69, 9.17) is 5.73 Å². The van der Waals surface area contributed by atoms with E-state index in [9.17, 15) is 0 Å².